The van der Waals surface area contributed by atoms with Gasteiger partial charge in [0.05, 0.1) is 12.3 Å². The minimum absolute atomic E-state index is 0.00575. The number of ether oxygens (including phenoxy) is 1. The molecule has 4 nitrogen and oxygen atoms in total. The molecule has 0 unspecified atom stereocenters. The van der Waals surface area contributed by atoms with E-state index in [2.05, 4.69) is 4.98 Å². The van der Waals surface area contributed by atoms with Crippen LogP contribution in [0.4, 0.5) is 0 Å². The fourth-order valence-electron chi connectivity index (χ4n) is 1.94. The molecule has 106 valence electrons. The van der Waals surface area contributed by atoms with Crippen LogP contribution in [-0.4, -0.2) is 29.9 Å². The van der Waals surface area contributed by atoms with E-state index in [1.54, 1.807) is 12.0 Å². The summed E-state index contributed by atoms with van der Waals surface area (Å²) >= 11 is 1.40. The molecule has 2 rings (SSSR count). The van der Waals surface area contributed by atoms with E-state index in [4.69, 9.17) is 4.74 Å². The topological polar surface area (TPSA) is 42.4 Å². The first-order valence-electron chi connectivity index (χ1n) is 6.36. The predicted molar refractivity (Wildman–Crippen MR) is 79.8 cm³/mol. The van der Waals surface area contributed by atoms with Crippen LogP contribution in [0.25, 0.3) is 0 Å². The lowest BCUT2D eigenvalue weighted by Gasteiger charge is -2.16. The quantitative estimate of drug-likeness (QED) is 0.850. The van der Waals surface area contributed by atoms with Gasteiger partial charge in [0.1, 0.15) is 9.88 Å². The van der Waals surface area contributed by atoms with E-state index in [0.717, 1.165) is 16.3 Å². The number of hydrogen-bond donors (Lipinski definition) is 0. The summed E-state index contributed by atoms with van der Waals surface area (Å²) in [6.07, 6.45) is 0. The van der Waals surface area contributed by atoms with Gasteiger partial charge in [-0.2, -0.15) is 0 Å². The summed E-state index contributed by atoms with van der Waals surface area (Å²) in [7, 11) is 3.43. The number of amides is 1. The zero-order valence-electron chi connectivity index (χ0n) is 11.9. The van der Waals surface area contributed by atoms with Gasteiger partial charge in [0.15, 0.2) is 0 Å². The molecule has 1 amide bonds. The Bertz CT molecular complexity index is 581. The Morgan fingerprint density at radius 2 is 2.05 bits per heavy atom. The first-order valence-corrected chi connectivity index (χ1v) is 7.18. The molecule has 1 aromatic heterocycles. The second-order valence-electron chi connectivity index (χ2n) is 4.60. The Balaban J connectivity index is 2.10. The van der Waals surface area contributed by atoms with Crippen molar-refractivity contribution >= 4 is 17.2 Å². The molecule has 0 spiro atoms. The zero-order valence-corrected chi connectivity index (χ0v) is 12.7. The normalized spacial score (nSPS) is 10.6. The molecule has 0 bridgehead atoms. The molecule has 1 heterocycles. The van der Waals surface area contributed by atoms with Gasteiger partial charge in [-0.3, -0.25) is 4.79 Å². The van der Waals surface area contributed by atoms with E-state index < -0.39 is 0 Å². The molecule has 0 aliphatic rings. The van der Waals surface area contributed by atoms with Crippen LogP contribution >= 0.6 is 11.3 Å². The van der Waals surface area contributed by atoms with Gasteiger partial charge in [0.25, 0.3) is 5.91 Å². The van der Waals surface area contributed by atoms with Crippen molar-refractivity contribution in [3.63, 3.8) is 0 Å². The summed E-state index contributed by atoms with van der Waals surface area (Å²) in [5.74, 6) is 0.00575. The molecule has 0 fully saturated rings. The summed E-state index contributed by atoms with van der Waals surface area (Å²) in [6, 6.07) is 9.94. The third kappa shape index (κ3) is 3.43. The highest BCUT2D eigenvalue weighted by Crippen LogP contribution is 2.21. The lowest BCUT2D eigenvalue weighted by molar-refractivity contribution is 0.0789. The van der Waals surface area contributed by atoms with Crippen molar-refractivity contribution in [2.24, 2.45) is 0 Å². The Morgan fingerprint density at radius 3 is 2.70 bits per heavy atom. The maximum absolute atomic E-state index is 12.4. The third-order valence-electron chi connectivity index (χ3n) is 2.91. The van der Waals surface area contributed by atoms with Gasteiger partial charge < -0.3 is 9.64 Å². The summed E-state index contributed by atoms with van der Waals surface area (Å²) in [5, 5.41) is 0.835. The molecule has 0 aliphatic carbocycles. The Morgan fingerprint density at radius 1 is 1.35 bits per heavy atom. The molecule has 0 saturated carbocycles. The first-order chi connectivity index (χ1) is 9.61. The average Bonchev–Trinajstić information content (AvgIpc) is 2.80. The van der Waals surface area contributed by atoms with Crippen molar-refractivity contribution in [3.05, 3.63) is 51.5 Å². The summed E-state index contributed by atoms with van der Waals surface area (Å²) in [4.78, 5) is 19.2. The minimum atomic E-state index is 0.00575. The third-order valence-corrected chi connectivity index (χ3v) is 4.03. The number of carbonyl (C=O) groups excluding carboxylic acids is 1. The van der Waals surface area contributed by atoms with Crippen LogP contribution in [-0.2, 0) is 17.9 Å². The van der Waals surface area contributed by atoms with Crippen LogP contribution in [0.1, 0.15) is 25.9 Å². The standard InChI is InChI=1S/C15H18N2O2S/c1-11-14(20-13(16-11)10-19-3)15(18)17(2)9-12-7-5-4-6-8-12/h4-8H,9-10H2,1-3H3. The van der Waals surface area contributed by atoms with Crippen LogP contribution < -0.4 is 0 Å². The lowest BCUT2D eigenvalue weighted by Crippen LogP contribution is -2.26. The first kappa shape index (κ1) is 14.7. The fourth-order valence-corrected chi connectivity index (χ4v) is 2.97. The monoisotopic (exact) mass is 290 g/mol. The largest absolute Gasteiger partial charge is 0.378 e. The molecule has 0 atom stereocenters. The highest BCUT2D eigenvalue weighted by molar-refractivity contribution is 7.13. The van der Waals surface area contributed by atoms with Crippen molar-refractivity contribution in [1.82, 2.24) is 9.88 Å². The van der Waals surface area contributed by atoms with Gasteiger partial charge in [-0.25, -0.2) is 4.98 Å². The number of aromatic nitrogens is 1. The Labute approximate surface area is 123 Å². The summed E-state index contributed by atoms with van der Waals surface area (Å²) < 4.78 is 5.06. The van der Waals surface area contributed by atoms with Crippen molar-refractivity contribution in [3.8, 4) is 0 Å². The predicted octanol–water partition coefficient (Wildman–Crippen LogP) is 2.87. The second-order valence-corrected chi connectivity index (χ2v) is 5.69. The van der Waals surface area contributed by atoms with E-state index >= 15 is 0 Å². The SMILES string of the molecule is COCc1nc(C)c(C(=O)N(C)Cc2ccccc2)s1. The van der Waals surface area contributed by atoms with Crippen molar-refractivity contribution < 1.29 is 9.53 Å². The molecular weight excluding hydrogens is 272 g/mol. The number of nitrogens with zero attached hydrogens (tertiary/aromatic N) is 2. The zero-order chi connectivity index (χ0) is 14.5. The van der Waals surface area contributed by atoms with Gasteiger partial charge in [-0.05, 0) is 12.5 Å². The molecule has 0 N–H and O–H groups in total. The minimum Gasteiger partial charge on any atom is -0.378 e. The van der Waals surface area contributed by atoms with Crippen LogP contribution in [0.15, 0.2) is 30.3 Å². The Kier molecular flexibility index (Phi) is 4.87. The molecule has 20 heavy (non-hydrogen) atoms. The van der Waals surface area contributed by atoms with Crippen LogP contribution in [0, 0.1) is 6.92 Å². The van der Waals surface area contributed by atoms with E-state index in [1.165, 1.54) is 11.3 Å². The van der Waals surface area contributed by atoms with Gasteiger partial charge in [-0.1, -0.05) is 30.3 Å². The smallest absolute Gasteiger partial charge is 0.265 e. The molecule has 0 aliphatic heterocycles. The maximum Gasteiger partial charge on any atom is 0.265 e. The van der Waals surface area contributed by atoms with Gasteiger partial charge in [0.2, 0.25) is 0 Å². The van der Waals surface area contributed by atoms with E-state index in [0.29, 0.717) is 18.0 Å². The number of rotatable bonds is 5. The number of aryl methyl sites for hydroxylation is 1. The molecule has 2 aromatic rings. The average molecular weight is 290 g/mol. The highest BCUT2D eigenvalue weighted by Gasteiger charge is 2.19. The van der Waals surface area contributed by atoms with Crippen LogP contribution in [0.2, 0.25) is 0 Å². The van der Waals surface area contributed by atoms with Gasteiger partial charge in [0, 0.05) is 20.7 Å². The molecule has 5 heteroatoms. The lowest BCUT2D eigenvalue weighted by atomic mass is 10.2. The number of thiazole rings is 1. The summed E-state index contributed by atoms with van der Waals surface area (Å²) in [6.45, 7) is 2.90. The fraction of sp³-hybridized carbons (Fsp3) is 0.333. The van der Waals surface area contributed by atoms with E-state index in [9.17, 15) is 4.79 Å². The van der Waals surface area contributed by atoms with Crippen molar-refractivity contribution in [2.45, 2.75) is 20.1 Å². The van der Waals surface area contributed by atoms with Gasteiger partial charge in [-0.15, -0.1) is 11.3 Å². The van der Waals surface area contributed by atoms with Crippen molar-refractivity contribution in [1.29, 1.82) is 0 Å². The van der Waals surface area contributed by atoms with E-state index in [1.807, 2.05) is 44.3 Å². The highest BCUT2D eigenvalue weighted by atomic mass is 32.1. The number of methoxy groups -OCH3 is 1. The number of hydrogen-bond acceptors (Lipinski definition) is 4. The van der Waals surface area contributed by atoms with Gasteiger partial charge >= 0.3 is 0 Å². The molecular formula is C15H18N2O2S. The van der Waals surface area contributed by atoms with Crippen LogP contribution in [0.3, 0.4) is 0 Å². The summed E-state index contributed by atoms with van der Waals surface area (Å²) in [5.41, 5.74) is 1.88. The molecule has 0 saturated heterocycles. The van der Waals surface area contributed by atoms with Crippen LogP contribution in [0.5, 0.6) is 0 Å². The Hall–Kier alpha value is -1.72. The van der Waals surface area contributed by atoms with Crippen molar-refractivity contribution in [2.75, 3.05) is 14.2 Å². The number of carbonyl (C=O) groups is 1. The molecule has 0 radical (unpaired) electrons. The second kappa shape index (κ2) is 6.63. The molecule has 1 aromatic carbocycles. The number of benzene rings is 1. The maximum atomic E-state index is 12.4. The van der Waals surface area contributed by atoms with E-state index in [-0.39, 0.29) is 5.91 Å².